The van der Waals surface area contributed by atoms with Gasteiger partial charge in [0.25, 0.3) is 0 Å². The predicted molar refractivity (Wildman–Crippen MR) is 90.4 cm³/mol. The molecule has 1 atom stereocenters. The second-order valence-electron chi connectivity index (χ2n) is 6.62. The maximum Gasteiger partial charge on any atom is 0.225 e. The number of ether oxygens (including phenoxy) is 1. The largest absolute Gasteiger partial charge is 0.381 e. The summed E-state index contributed by atoms with van der Waals surface area (Å²) in [4.78, 5) is 14.6. The Morgan fingerprint density at radius 2 is 2.25 bits per heavy atom. The number of hydrogen-bond donors (Lipinski definition) is 1. The van der Waals surface area contributed by atoms with Crippen molar-refractivity contribution >= 4 is 5.91 Å². The first-order chi connectivity index (χ1) is 11.7. The first kappa shape index (κ1) is 17.1. The van der Waals surface area contributed by atoms with E-state index in [1.807, 2.05) is 0 Å². The summed E-state index contributed by atoms with van der Waals surface area (Å²) in [6.45, 7) is 9.75. The zero-order valence-corrected chi connectivity index (χ0v) is 14.6. The average Bonchev–Trinajstić information content (AvgIpc) is 3.21. The van der Waals surface area contributed by atoms with Crippen LogP contribution < -0.4 is 5.32 Å². The lowest BCUT2D eigenvalue weighted by atomic mass is 10.1. The molecule has 1 fully saturated rings. The van der Waals surface area contributed by atoms with Gasteiger partial charge in [-0.1, -0.05) is 11.6 Å². The van der Waals surface area contributed by atoms with E-state index in [-0.39, 0.29) is 11.8 Å². The Morgan fingerprint density at radius 1 is 1.38 bits per heavy atom. The monoisotopic (exact) mass is 333 g/mol. The maximum absolute atomic E-state index is 12.1. The SMILES string of the molecule is C/C=C(\C)CN1CCc2nnc(CNC(=O)C3CCOC3)n2CC1. The molecule has 24 heavy (non-hydrogen) atoms. The van der Waals surface area contributed by atoms with Gasteiger partial charge in [-0.3, -0.25) is 9.69 Å². The fourth-order valence-electron chi connectivity index (χ4n) is 3.21. The number of fused-ring (bicyclic) bond motifs is 1. The van der Waals surface area contributed by atoms with E-state index in [0.717, 1.165) is 50.7 Å². The van der Waals surface area contributed by atoms with Crippen LogP contribution in [-0.2, 0) is 29.0 Å². The number of carbonyl (C=O) groups excluding carboxylic acids is 1. The third kappa shape index (κ3) is 4.02. The Labute approximate surface area is 143 Å². The molecule has 3 heterocycles. The fraction of sp³-hybridized carbons (Fsp3) is 0.706. The Bertz CT molecular complexity index is 604. The Morgan fingerprint density at radius 3 is 3.00 bits per heavy atom. The summed E-state index contributed by atoms with van der Waals surface area (Å²) in [5.74, 6) is 1.91. The molecule has 0 aliphatic carbocycles. The zero-order valence-electron chi connectivity index (χ0n) is 14.6. The second-order valence-corrected chi connectivity index (χ2v) is 6.62. The van der Waals surface area contributed by atoms with Crippen molar-refractivity contribution in [1.29, 1.82) is 0 Å². The van der Waals surface area contributed by atoms with Crippen molar-refractivity contribution in [3.63, 3.8) is 0 Å². The molecule has 7 heteroatoms. The molecule has 0 aromatic carbocycles. The van der Waals surface area contributed by atoms with Crippen molar-refractivity contribution < 1.29 is 9.53 Å². The lowest BCUT2D eigenvalue weighted by Crippen LogP contribution is -2.32. The third-order valence-corrected chi connectivity index (χ3v) is 4.88. The zero-order chi connectivity index (χ0) is 16.9. The van der Waals surface area contributed by atoms with Gasteiger partial charge in [0.2, 0.25) is 5.91 Å². The summed E-state index contributed by atoms with van der Waals surface area (Å²) in [6, 6.07) is 0. The summed E-state index contributed by atoms with van der Waals surface area (Å²) in [5, 5.41) is 11.6. The highest BCUT2D eigenvalue weighted by atomic mass is 16.5. The second kappa shape index (κ2) is 7.90. The lowest BCUT2D eigenvalue weighted by Gasteiger charge is -2.19. The minimum absolute atomic E-state index is 0.0178. The van der Waals surface area contributed by atoms with Gasteiger partial charge in [0, 0.05) is 39.2 Å². The lowest BCUT2D eigenvalue weighted by molar-refractivity contribution is -0.125. The Balaban J connectivity index is 1.57. The molecular weight excluding hydrogens is 306 g/mol. The van der Waals surface area contributed by atoms with E-state index in [1.165, 1.54) is 5.57 Å². The predicted octanol–water partition coefficient (Wildman–Crippen LogP) is 0.755. The molecule has 132 valence electrons. The normalized spacial score (nSPS) is 22.2. The summed E-state index contributed by atoms with van der Waals surface area (Å²) in [6.07, 6.45) is 3.87. The van der Waals surface area contributed by atoms with Crippen molar-refractivity contribution in [2.75, 3.05) is 32.8 Å². The molecule has 0 bridgehead atoms. The van der Waals surface area contributed by atoms with Gasteiger partial charge in [0.15, 0.2) is 5.82 Å². The van der Waals surface area contributed by atoms with Crippen molar-refractivity contribution in [2.24, 2.45) is 5.92 Å². The number of aromatic nitrogens is 3. The molecule has 2 aliphatic heterocycles. The van der Waals surface area contributed by atoms with Crippen molar-refractivity contribution in [1.82, 2.24) is 25.0 Å². The number of nitrogens with zero attached hydrogens (tertiary/aromatic N) is 4. The summed E-state index contributed by atoms with van der Waals surface area (Å²) in [7, 11) is 0. The number of carbonyl (C=O) groups is 1. The fourth-order valence-corrected chi connectivity index (χ4v) is 3.21. The molecule has 3 rings (SSSR count). The van der Waals surface area contributed by atoms with Gasteiger partial charge in [0.1, 0.15) is 5.82 Å². The van der Waals surface area contributed by atoms with Crippen LogP contribution in [0, 0.1) is 5.92 Å². The molecule has 1 amide bonds. The molecule has 1 N–H and O–H groups in total. The molecule has 0 saturated carbocycles. The van der Waals surface area contributed by atoms with E-state index in [0.29, 0.717) is 19.8 Å². The number of amides is 1. The highest BCUT2D eigenvalue weighted by molar-refractivity contribution is 5.78. The standard InChI is InChI=1S/C17H27N5O2/c1-3-13(2)11-21-6-4-15-19-20-16(22(15)8-7-21)10-18-17(23)14-5-9-24-12-14/h3,14H,4-12H2,1-2H3,(H,18,23)/b13-3+. The Hall–Kier alpha value is -1.73. The van der Waals surface area contributed by atoms with Gasteiger partial charge in [0.05, 0.1) is 19.1 Å². The molecule has 2 aliphatic rings. The smallest absolute Gasteiger partial charge is 0.225 e. The van der Waals surface area contributed by atoms with Crippen LogP contribution in [0.15, 0.2) is 11.6 Å². The first-order valence-corrected chi connectivity index (χ1v) is 8.78. The van der Waals surface area contributed by atoms with Gasteiger partial charge in [-0.2, -0.15) is 0 Å². The maximum atomic E-state index is 12.1. The Kier molecular flexibility index (Phi) is 5.63. The topological polar surface area (TPSA) is 72.3 Å². The number of rotatable bonds is 5. The van der Waals surface area contributed by atoms with Crippen molar-refractivity contribution in [2.45, 2.75) is 39.8 Å². The van der Waals surface area contributed by atoms with Crippen LogP contribution in [-0.4, -0.2) is 58.4 Å². The highest BCUT2D eigenvalue weighted by Crippen LogP contribution is 2.13. The van der Waals surface area contributed by atoms with E-state index < -0.39 is 0 Å². The van der Waals surface area contributed by atoms with Gasteiger partial charge in [-0.05, 0) is 20.3 Å². The van der Waals surface area contributed by atoms with Crippen LogP contribution in [0.1, 0.15) is 31.9 Å². The molecule has 0 spiro atoms. The van der Waals surface area contributed by atoms with Crippen LogP contribution in [0.3, 0.4) is 0 Å². The van der Waals surface area contributed by atoms with Crippen LogP contribution in [0.4, 0.5) is 0 Å². The molecule has 0 radical (unpaired) electrons. The van der Waals surface area contributed by atoms with Crippen LogP contribution in [0.2, 0.25) is 0 Å². The molecule has 1 saturated heterocycles. The van der Waals surface area contributed by atoms with E-state index in [2.05, 4.69) is 44.9 Å². The van der Waals surface area contributed by atoms with Crippen LogP contribution >= 0.6 is 0 Å². The first-order valence-electron chi connectivity index (χ1n) is 8.78. The van der Waals surface area contributed by atoms with Gasteiger partial charge in [-0.15, -0.1) is 10.2 Å². The average molecular weight is 333 g/mol. The molecule has 7 nitrogen and oxygen atoms in total. The molecular formula is C17H27N5O2. The van der Waals surface area contributed by atoms with Crippen molar-refractivity contribution in [3.05, 3.63) is 23.3 Å². The number of nitrogens with one attached hydrogen (secondary N) is 1. The van der Waals surface area contributed by atoms with Gasteiger partial charge in [-0.25, -0.2) is 0 Å². The van der Waals surface area contributed by atoms with E-state index in [4.69, 9.17) is 4.74 Å². The highest BCUT2D eigenvalue weighted by Gasteiger charge is 2.24. The van der Waals surface area contributed by atoms with Gasteiger partial charge >= 0.3 is 0 Å². The van der Waals surface area contributed by atoms with Crippen LogP contribution in [0.25, 0.3) is 0 Å². The third-order valence-electron chi connectivity index (χ3n) is 4.88. The van der Waals surface area contributed by atoms with Gasteiger partial charge < -0.3 is 14.6 Å². The summed E-state index contributed by atoms with van der Waals surface area (Å²) in [5.41, 5.74) is 1.39. The number of allylic oxidation sites excluding steroid dienone is 1. The number of hydrogen-bond acceptors (Lipinski definition) is 5. The molecule has 1 unspecified atom stereocenters. The van der Waals surface area contributed by atoms with E-state index >= 15 is 0 Å². The minimum atomic E-state index is -0.0178. The summed E-state index contributed by atoms with van der Waals surface area (Å²) < 4.78 is 7.43. The minimum Gasteiger partial charge on any atom is -0.381 e. The molecule has 1 aromatic heterocycles. The quantitative estimate of drug-likeness (QED) is 0.805. The van der Waals surface area contributed by atoms with Crippen LogP contribution in [0.5, 0.6) is 0 Å². The van der Waals surface area contributed by atoms with Crippen molar-refractivity contribution in [3.8, 4) is 0 Å². The summed E-state index contributed by atoms with van der Waals surface area (Å²) >= 11 is 0. The molecule has 1 aromatic rings. The van der Waals surface area contributed by atoms with E-state index in [9.17, 15) is 4.79 Å². The van der Waals surface area contributed by atoms with E-state index in [1.54, 1.807) is 0 Å².